The van der Waals surface area contributed by atoms with Gasteiger partial charge in [0.2, 0.25) is 0 Å². The van der Waals surface area contributed by atoms with Gasteiger partial charge in [-0.1, -0.05) is 28.1 Å². The molecule has 1 amide bonds. The second-order valence-corrected chi connectivity index (χ2v) is 6.89. The molecule has 0 unspecified atom stereocenters. The van der Waals surface area contributed by atoms with Gasteiger partial charge in [-0.15, -0.1) is 0 Å². The Hall–Kier alpha value is -3.20. The second-order valence-electron chi connectivity index (χ2n) is 5.98. The van der Waals surface area contributed by atoms with Crippen LogP contribution in [0.4, 0.5) is 4.39 Å². The van der Waals surface area contributed by atoms with Gasteiger partial charge in [0.05, 0.1) is 12.1 Å². The Labute approximate surface area is 166 Å². The maximum absolute atomic E-state index is 13.7. The fraction of sp³-hybridized carbons (Fsp3) is 0.105. The summed E-state index contributed by atoms with van der Waals surface area (Å²) in [5, 5.41) is 21.2. The van der Waals surface area contributed by atoms with Gasteiger partial charge in [-0.2, -0.15) is 0 Å². The number of nitrogens with one attached hydrogen (secondary N) is 1. The van der Waals surface area contributed by atoms with Crippen LogP contribution in [0.15, 0.2) is 51.7 Å². The first-order chi connectivity index (χ1) is 13.3. The Kier molecular flexibility index (Phi) is 5.46. The zero-order chi connectivity index (χ0) is 20.4. The van der Waals surface area contributed by atoms with E-state index in [2.05, 4.69) is 15.9 Å². The number of aromatic nitrogens is 1. The number of rotatable bonds is 5. The molecule has 7 nitrogen and oxygen atoms in total. The molecule has 3 N–H and O–H groups in total. The molecule has 0 aliphatic carbocycles. The zero-order valence-corrected chi connectivity index (χ0v) is 15.9. The van der Waals surface area contributed by atoms with Crippen molar-refractivity contribution in [2.75, 3.05) is 6.54 Å². The summed E-state index contributed by atoms with van der Waals surface area (Å²) in [5.41, 5.74) is -0.487. The topological polar surface area (TPSA) is 109 Å². The number of benzene rings is 2. The van der Waals surface area contributed by atoms with Gasteiger partial charge in [0.25, 0.3) is 11.5 Å². The lowest BCUT2D eigenvalue weighted by molar-refractivity contribution is -0.135. The molecule has 0 saturated carbocycles. The highest BCUT2D eigenvalue weighted by molar-refractivity contribution is 9.10. The van der Waals surface area contributed by atoms with Gasteiger partial charge in [0.15, 0.2) is 0 Å². The van der Waals surface area contributed by atoms with Gasteiger partial charge in [-0.25, -0.2) is 4.39 Å². The highest BCUT2D eigenvalue weighted by Gasteiger charge is 2.23. The predicted molar refractivity (Wildman–Crippen MR) is 103 cm³/mol. The number of fused-ring (bicyclic) bond motifs is 1. The fourth-order valence-corrected chi connectivity index (χ4v) is 3.06. The third-order valence-electron chi connectivity index (χ3n) is 4.08. The summed E-state index contributed by atoms with van der Waals surface area (Å²) < 4.78 is 15.8. The van der Waals surface area contributed by atoms with Crippen LogP contribution >= 0.6 is 15.9 Å². The first-order valence-electron chi connectivity index (χ1n) is 8.07. The molecule has 3 rings (SSSR count). The van der Waals surface area contributed by atoms with Gasteiger partial charge in [-0.05, 0) is 35.9 Å². The second kappa shape index (κ2) is 7.81. The van der Waals surface area contributed by atoms with Crippen molar-refractivity contribution >= 4 is 38.7 Å². The van der Waals surface area contributed by atoms with E-state index in [9.17, 15) is 23.9 Å². The minimum Gasteiger partial charge on any atom is -0.506 e. The number of amides is 1. The first kappa shape index (κ1) is 19.6. The molecule has 1 heterocycles. The Morgan fingerprint density at radius 3 is 2.46 bits per heavy atom. The monoisotopic (exact) mass is 448 g/mol. The van der Waals surface area contributed by atoms with E-state index in [0.29, 0.717) is 0 Å². The number of carbonyl (C=O) groups is 2. The Balaban J connectivity index is 2.20. The van der Waals surface area contributed by atoms with Crippen LogP contribution in [0.5, 0.6) is 5.75 Å². The number of halogens is 2. The van der Waals surface area contributed by atoms with Crippen LogP contribution < -0.4 is 10.9 Å². The zero-order valence-electron chi connectivity index (χ0n) is 14.3. The van der Waals surface area contributed by atoms with Crippen LogP contribution in [0.1, 0.15) is 15.9 Å². The molecule has 0 aliphatic rings. The van der Waals surface area contributed by atoms with Crippen molar-refractivity contribution in [2.24, 2.45) is 0 Å². The summed E-state index contributed by atoms with van der Waals surface area (Å²) in [6.45, 7) is -0.667. The van der Waals surface area contributed by atoms with Crippen molar-refractivity contribution < 1.29 is 24.2 Å². The molecule has 0 bridgehead atoms. The van der Waals surface area contributed by atoms with Crippen molar-refractivity contribution in [3.8, 4) is 5.75 Å². The van der Waals surface area contributed by atoms with Crippen LogP contribution in [0, 0.1) is 5.82 Å². The van der Waals surface area contributed by atoms with Crippen LogP contribution in [-0.2, 0) is 11.3 Å². The summed E-state index contributed by atoms with van der Waals surface area (Å²) >= 11 is 3.32. The Morgan fingerprint density at radius 1 is 1.14 bits per heavy atom. The number of nitrogens with zero attached hydrogens (tertiary/aromatic N) is 1. The highest BCUT2D eigenvalue weighted by atomic mass is 79.9. The predicted octanol–water partition coefficient (Wildman–Crippen LogP) is 2.47. The molecule has 0 aliphatic heterocycles. The van der Waals surface area contributed by atoms with Crippen molar-refractivity contribution in [3.05, 3.63) is 74.2 Å². The molecule has 9 heteroatoms. The lowest BCUT2D eigenvalue weighted by Gasteiger charge is -2.15. The van der Waals surface area contributed by atoms with E-state index in [1.54, 1.807) is 24.3 Å². The number of aromatic hydroxyl groups is 1. The lowest BCUT2D eigenvalue weighted by Crippen LogP contribution is -2.36. The molecule has 3 aromatic rings. The van der Waals surface area contributed by atoms with Crippen molar-refractivity contribution in [2.45, 2.75) is 6.54 Å². The minimum atomic E-state index is -1.31. The van der Waals surface area contributed by atoms with E-state index in [-0.39, 0.29) is 17.4 Å². The number of pyridine rings is 1. The van der Waals surface area contributed by atoms with E-state index in [4.69, 9.17) is 5.11 Å². The molecule has 1 aromatic heterocycles. The SMILES string of the molecule is O=C(O)CNC(=O)c1c(O)c2cc(F)ccc2n(Cc2ccc(Br)cc2)c1=O. The molecule has 2 aromatic carbocycles. The number of carboxylic acids is 1. The molecule has 0 radical (unpaired) electrons. The number of hydrogen-bond donors (Lipinski definition) is 3. The van der Waals surface area contributed by atoms with E-state index >= 15 is 0 Å². The minimum absolute atomic E-state index is 0.0304. The summed E-state index contributed by atoms with van der Waals surface area (Å²) in [7, 11) is 0. The van der Waals surface area contributed by atoms with Crippen molar-refractivity contribution in [3.63, 3.8) is 0 Å². The summed E-state index contributed by atoms with van der Waals surface area (Å²) in [4.78, 5) is 35.9. The van der Waals surface area contributed by atoms with Crippen molar-refractivity contribution in [1.82, 2.24) is 9.88 Å². The molecular weight excluding hydrogens is 435 g/mol. The largest absolute Gasteiger partial charge is 0.506 e. The standard InChI is InChI=1S/C19H14BrFN2O5/c20-11-3-1-10(2-4-11)9-23-14-6-5-12(21)7-13(14)17(26)16(19(23)28)18(27)22-8-15(24)25/h1-7,26H,8-9H2,(H,22,27)(H,24,25). The maximum atomic E-state index is 13.7. The third kappa shape index (κ3) is 3.89. The van der Waals surface area contributed by atoms with Crippen LogP contribution in [-0.4, -0.2) is 33.2 Å². The van der Waals surface area contributed by atoms with E-state index in [1.807, 2.05) is 5.32 Å². The van der Waals surface area contributed by atoms with Crippen molar-refractivity contribution in [1.29, 1.82) is 0 Å². The highest BCUT2D eigenvalue weighted by Crippen LogP contribution is 2.27. The van der Waals surface area contributed by atoms with Gasteiger partial charge in [-0.3, -0.25) is 14.4 Å². The van der Waals surface area contributed by atoms with Gasteiger partial charge in [0.1, 0.15) is 23.7 Å². The molecular formula is C19H14BrFN2O5. The quantitative estimate of drug-likeness (QED) is 0.555. The van der Waals surface area contributed by atoms with E-state index < -0.39 is 41.1 Å². The maximum Gasteiger partial charge on any atom is 0.322 e. The first-order valence-corrected chi connectivity index (χ1v) is 8.86. The molecule has 0 fully saturated rings. The normalized spacial score (nSPS) is 10.8. The molecule has 0 atom stereocenters. The average molecular weight is 449 g/mol. The van der Waals surface area contributed by atoms with Gasteiger partial charge < -0.3 is 20.1 Å². The average Bonchev–Trinajstić information content (AvgIpc) is 2.65. The number of carboxylic acid groups (broad SMARTS) is 1. The Morgan fingerprint density at radius 2 is 1.82 bits per heavy atom. The molecule has 0 saturated heterocycles. The molecule has 144 valence electrons. The van der Waals surface area contributed by atoms with Crippen LogP contribution in [0.25, 0.3) is 10.9 Å². The summed E-state index contributed by atoms with van der Waals surface area (Å²) in [5.74, 6) is -3.72. The van der Waals surface area contributed by atoms with E-state index in [1.165, 1.54) is 10.6 Å². The number of hydrogen-bond acceptors (Lipinski definition) is 4. The van der Waals surface area contributed by atoms with E-state index in [0.717, 1.165) is 22.2 Å². The summed E-state index contributed by atoms with van der Waals surface area (Å²) in [6, 6.07) is 10.6. The lowest BCUT2D eigenvalue weighted by atomic mass is 10.1. The number of aliphatic carboxylic acids is 1. The molecule has 28 heavy (non-hydrogen) atoms. The van der Waals surface area contributed by atoms with Crippen LogP contribution in [0.2, 0.25) is 0 Å². The van der Waals surface area contributed by atoms with Crippen LogP contribution in [0.3, 0.4) is 0 Å². The Bertz CT molecular complexity index is 1140. The number of carbonyl (C=O) groups excluding carboxylic acids is 1. The fourth-order valence-electron chi connectivity index (χ4n) is 2.79. The van der Waals surface area contributed by atoms with Gasteiger partial charge >= 0.3 is 5.97 Å². The third-order valence-corrected chi connectivity index (χ3v) is 4.61. The van der Waals surface area contributed by atoms with Gasteiger partial charge in [0, 0.05) is 9.86 Å². The summed E-state index contributed by atoms with van der Waals surface area (Å²) in [6.07, 6.45) is 0. The molecule has 0 spiro atoms. The smallest absolute Gasteiger partial charge is 0.322 e.